The molecule has 0 heterocycles. The molecule has 0 spiro atoms. The topological polar surface area (TPSA) is 57.5 Å². The average Bonchev–Trinajstić information content (AvgIpc) is 2.69. The highest BCUT2D eigenvalue weighted by atomic mass is 16.4. The van der Waals surface area contributed by atoms with Crippen molar-refractivity contribution in [2.75, 3.05) is 6.61 Å². The van der Waals surface area contributed by atoms with Gasteiger partial charge in [0.2, 0.25) is 0 Å². The number of carboxylic acid groups (broad SMARTS) is 1. The average molecular weight is 250 g/mol. The highest BCUT2D eigenvalue weighted by Crippen LogP contribution is 2.87. The predicted molar refractivity (Wildman–Crippen MR) is 68.0 cm³/mol. The standard InChI is InChI=1S/C15H22O3/c1-14(5-3-4-9(8-16)13(17)18)10-6-11-12(7-10)15(11,14)2/h4,10-12,16H,3,5-8H2,1-2H3,(H,17,18)/b9-4+/t10?,11?,12?,14-,15?/m1/s1. The van der Waals surface area contributed by atoms with Gasteiger partial charge in [-0.3, -0.25) is 0 Å². The Bertz CT molecular complexity index is 413. The van der Waals surface area contributed by atoms with Crippen molar-refractivity contribution in [2.45, 2.75) is 39.5 Å². The van der Waals surface area contributed by atoms with Gasteiger partial charge in [0.05, 0.1) is 12.2 Å². The summed E-state index contributed by atoms with van der Waals surface area (Å²) in [6.45, 7) is 4.47. The van der Waals surface area contributed by atoms with Gasteiger partial charge in [0, 0.05) is 0 Å². The zero-order valence-electron chi connectivity index (χ0n) is 11.1. The Hall–Kier alpha value is -0.830. The van der Waals surface area contributed by atoms with Crippen LogP contribution in [0.15, 0.2) is 11.6 Å². The summed E-state index contributed by atoms with van der Waals surface area (Å²) < 4.78 is 0. The van der Waals surface area contributed by atoms with E-state index in [9.17, 15) is 4.79 Å². The number of hydrogen-bond donors (Lipinski definition) is 2. The minimum Gasteiger partial charge on any atom is -0.478 e. The summed E-state index contributed by atoms with van der Waals surface area (Å²) in [7, 11) is 0. The van der Waals surface area contributed by atoms with Crippen LogP contribution in [0.1, 0.15) is 39.5 Å². The molecule has 0 radical (unpaired) electrons. The Morgan fingerprint density at radius 3 is 2.33 bits per heavy atom. The van der Waals surface area contributed by atoms with Gasteiger partial charge < -0.3 is 10.2 Å². The van der Waals surface area contributed by atoms with E-state index in [1.54, 1.807) is 6.08 Å². The smallest absolute Gasteiger partial charge is 0.333 e. The predicted octanol–water partition coefficient (Wildman–Crippen LogP) is 2.45. The second kappa shape index (κ2) is 3.60. The van der Waals surface area contributed by atoms with Crippen molar-refractivity contribution in [3.05, 3.63) is 11.6 Å². The molecule has 4 aliphatic rings. The fraction of sp³-hybridized carbons (Fsp3) is 0.800. The molecule has 4 aliphatic carbocycles. The summed E-state index contributed by atoms with van der Waals surface area (Å²) in [5, 5.41) is 17.8. The number of allylic oxidation sites excluding steroid dienone is 1. The lowest BCUT2D eigenvalue weighted by Crippen LogP contribution is -2.26. The van der Waals surface area contributed by atoms with Crippen LogP contribution in [0.3, 0.4) is 0 Å². The summed E-state index contributed by atoms with van der Waals surface area (Å²) in [4.78, 5) is 10.8. The molecule has 18 heavy (non-hydrogen) atoms. The van der Waals surface area contributed by atoms with Crippen molar-refractivity contribution in [3.63, 3.8) is 0 Å². The maximum atomic E-state index is 10.8. The molecule has 4 rings (SSSR count). The van der Waals surface area contributed by atoms with E-state index in [1.807, 2.05) is 0 Å². The number of aliphatic hydroxyl groups is 1. The van der Waals surface area contributed by atoms with Crippen molar-refractivity contribution in [1.82, 2.24) is 0 Å². The SMILES string of the molecule is CC12C3CC(CC31)[C@@]2(C)CC/C=C(\CO)C(=O)O. The first-order chi connectivity index (χ1) is 8.45. The van der Waals surface area contributed by atoms with Gasteiger partial charge in [-0.25, -0.2) is 4.79 Å². The van der Waals surface area contributed by atoms with E-state index in [1.165, 1.54) is 12.8 Å². The highest BCUT2D eigenvalue weighted by molar-refractivity contribution is 5.86. The highest BCUT2D eigenvalue weighted by Gasteiger charge is 2.80. The van der Waals surface area contributed by atoms with E-state index >= 15 is 0 Å². The molecular weight excluding hydrogens is 228 g/mol. The monoisotopic (exact) mass is 250 g/mol. The summed E-state index contributed by atoms with van der Waals surface area (Å²) in [6.07, 6.45) is 6.35. The van der Waals surface area contributed by atoms with E-state index in [-0.39, 0.29) is 12.2 Å². The lowest BCUT2D eigenvalue weighted by molar-refractivity contribution is -0.133. The third kappa shape index (κ3) is 1.26. The number of carbonyl (C=O) groups is 1. The lowest BCUT2D eigenvalue weighted by Gasteiger charge is -2.34. The van der Waals surface area contributed by atoms with Gasteiger partial charge in [-0.05, 0) is 54.3 Å². The molecule has 3 heteroatoms. The summed E-state index contributed by atoms with van der Waals surface area (Å²) >= 11 is 0. The fourth-order valence-corrected chi connectivity index (χ4v) is 5.27. The van der Waals surface area contributed by atoms with E-state index in [0.29, 0.717) is 10.8 Å². The summed E-state index contributed by atoms with van der Waals surface area (Å²) in [5.74, 6) is 1.77. The van der Waals surface area contributed by atoms with E-state index < -0.39 is 5.97 Å². The number of rotatable bonds is 5. The van der Waals surface area contributed by atoms with Crippen molar-refractivity contribution >= 4 is 5.97 Å². The molecule has 4 fully saturated rings. The number of aliphatic carboxylic acids is 1. The van der Waals surface area contributed by atoms with Crippen LogP contribution >= 0.6 is 0 Å². The quantitative estimate of drug-likeness (QED) is 0.737. The Morgan fingerprint density at radius 2 is 1.94 bits per heavy atom. The van der Waals surface area contributed by atoms with Gasteiger partial charge in [0.1, 0.15) is 0 Å². The van der Waals surface area contributed by atoms with E-state index in [4.69, 9.17) is 10.2 Å². The van der Waals surface area contributed by atoms with Gasteiger partial charge in [0.25, 0.3) is 0 Å². The molecule has 0 aromatic heterocycles. The second-order valence-corrected chi connectivity index (χ2v) is 6.81. The summed E-state index contributed by atoms with van der Waals surface area (Å²) in [6, 6.07) is 0. The van der Waals surface area contributed by atoms with Gasteiger partial charge in [0.15, 0.2) is 0 Å². The lowest BCUT2D eigenvalue weighted by atomic mass is 9.71. The van der Waals surface area contributed by atoms with E-state index in [2.05, 4.69) is 13.8 Å². The Morgan fingerprint density at radius 1 is 1.33 bits per heavy atom. The zero-order chi connectivity index (χ0) is 13.1. The van der Waals surface area contributed by atoms with Crippen LogP contribution in [0.5, 0.6) is 0 Å². The molecule has 4 saturated carbocycles. The van der Waals surface area contributed by atoms with Crippen LogP contribution < -0.4 is 0 Å². The molecule has 100 valence electrons. The molecule has 0 aromatic rings. The largest absolute Gasteiger partial charge is 0.478 e. The maximum Gasteiger partial charge on any atom is 0.333 e. The normalized spacial score (nSPS) is 48.6. The van der Waals surface area contributed by atoms with Crippen molar-refractivity contribution in [2.24, 2.45) is 28.6 Å². The molecule has 0 saturated heterocycles. The van der Waals surface area contributed by atoms with Crippen molar-refractivity contribution < 1.29 is 15.0 Å². The van der Waals surface area contributed by atoms with Crippen LogP contribution in [0.25, 0.3) is 0 Å². The third-order valence-corrected chi connectivity index (χ3v) is 6.63. The molecule has 3 atom stereocenters. The zero-order valence-corrected chi connectivity index (χ0v) is 11.1. The van der Waals surface area contributed by atoms with Crippen LogP contribution in [-0.4, -0.2) is 22.8 Å². The van der Waals surface area contributed by atoms with Gasteiger partial charge in [-0.1, -0.05) is 19.9 Å². The van der Waals surface area contributed by atoms with E-state index in [0.717, 1.165) is 30.6 Å². The molecule has 2 unspecified atom stereocenters. The molecule has 3 nitrogen and oxygen atoms in total. The molecule has 4 bridgehead atoms. The van der Waals surface area contributed by atoms with Crippen molar-refractivity contribution in [1.29, 1.82) is 0 Å². The minimum atomic E-state index is -0.992. The first-order valence-corrected chi connectivity index (χ1v) is 6.98. The molecule has 0 aromatic carbocycles. The van der Waals surface area contributed by atoms with Crippen LogP contribution in [0, 0.1) is 28.6 Å². The number of aliphatic hydroxyl groups excluding tert-OH is 1. The van der Waals surface area contributed by atoms with Crippen LogP contribution in [0.2, 0.25) is 0 Å². The first kappa shape index (κ1) is 12.2. The third-order valence-electron chi connectivity index (χ3n) is 6.63. The Kier molecular flexibility index (Phi) is 2.44. The van der Waals surface area contributed by atoms with Gasteiger partial charge in [-0.2, -0.15) is 0 Å². The summed E-state index contributed by atoms with van der Waals surface area (Å²) in [5.41, 5.74) is 1.08. The Labute approximate surface area is 108 Å². The number of hydrogen-bond acceptors (Lipinski definition) is 2. The molecule has 2 N–H and O–H groups in total. The van der Waals surface area contributed by atoms with Crippen LogP contribution in [0.4, 0.5) is 0 Å². The molecule has 0 aliphatic heterocycles. The maximum absolute atomic E-state index is 10.8. The van der Waals surface area contributed by atoms with Crippen LogP contribution in [-0.2, 0) is 4.79 Å². The van der Waals surface area contributed by atoms with Crippen molar-refractivity contribution in [3.8, 4) is 0 Å². The van der Waals surface area contributed by atoms with Gasteiger partial charge in [-0.15, -0.1) is 0 Å². The first-order valence-electron chi connectivity index (χ1n) is 6.98. The van der Waals surface area contributed by atoms with Gasteiger partial charge >= 0.3 is 5.97 Å². The number of carboxylic acids is 1. The second-order valence-electron chi connectivity index (χ2n) is 6.81. The molecular formula is C15H22O3. The minimum absolute atomic E-state index is 0.140. The Balaban J connectivity index is 1.67. The molecule has 0 amide bonds. The fourth-order valence-electron chi connectivity index (χ4n) is 5.27.